The summed E-state index contributed by atoms with van der Waals surface area (Å²) in [6, 6.07) is 0. The lowest BCUT2D eigenvalue weighted by molar-refractivity contribution is 0.160. The Morgan fingerprint density at radius 1 is 1.43 bits per heavy atom. The van der Waals surface area contributed by atoms with Crippen molar-refractivity contribution in [1.82, 2.24) is 4.98 Å². The highest BCUT2D eigenvalue weighted by atomic mass is 32.1. The highest BCUT2D eigenvalue weighted by Crippen LogP contribution is 2.37. The average molecular weight is 211 g/mol. The molecule has 0 saturated heterocycles. The first kappa shape index (κ1) is 10.1. The van der Waals surface area contributed by atoms with E-state index in [0.29, 0.717) is 0 Å². The third-order valence-electron chi connectivity index (χ3n) is 2.56. The third-order valence-corrected chi connectivity index (χ3v) is 4.19. The van der Waals surface area contributed by atoms with Crippen LogP contribution in [0.2, 0.25) is 0 Å². The summed E-state index contributed by atoms with van der Waals surface area (Å²) < 4.78 is 0. The van der Waals surface area contributed by atoms with Crippen LogP contribution >= 0.6 is 11.3 Å². The van der Waals surface area contributed by atoms with Crippen molar-refractivity contribution in [3.05, 3.63) is 15.6 Å². The molecule has 0 saturated carbocycles. The minimum absolute atomic E-state index is 0.113. The Labute approximate surface area is 89.0 Å². The first-order valence-electron chi connectivity index (χ1n) is 5.16. The first-order valence-corrected chi connectivity index (χ1v) is 5.98. The Kier molecular flexibility index (Phi) is 2.40. The number of nitrogens with zero attached hydrogens (tertiary/aromatic N) is 1. The number of aliphatic hydroxyl groups excluding tert-OH is 1. The molecule has 0 radical (unpaired) electrons. The van der Waals surface area contributed by atoms with Gasteiger partial charge in [0.1, 0.15) is 0 Å². The van der Waals surface area contributed by atoms with Crippen molar-refractivity contribution in [3.8, 4) is 0 Å². The van der Waals surface area contributed by atoms with Crippen LogP contribution in [-0.4, -0.2) is 10.1 Å². The van der Waals surface area contributed by atoms with E-state index in [1.54, 1.807) is 11.3 Å². The lowest BCUT2D eigenvalue weighted by Crippen LogP contribution is -2.10. The van der Waals surface area contributed by atoms with Crippen LogP contribution in [0.4, 0.5) is 0 Å². The van der Waals surface area contributed by atoms with E-state index in [-0.39, 0.29) is 11.5 Å². The maximum Gasteiger partial charge on any atom is 0.0985 e. The normalized spacial score (nSPS) is 22.1. The second kappa shape index (κ2) is 3.31. The van der Waals surface area contributed by atoms with Crippen molar-refractivity contribution in [2.45, 2.75) is 51.6 Å². The van der Waals surface area contributed by atoms with Gasteiger partial charge in [-0.2, -0.15) is 0 Å². The lowest BCUT2D eigenvalue weighted by atomic mass is 9.97. The van der Waals surface area contributed by atoms with Crippen LogP contribution in [0.5, 0.6) is 0 Å². The predicted octanol–water partition coefficient (Wildman–Crippen LogP) is 2.81. The number of aliphatic hydroxyl groups is 1. The second-order valence-electron chi connectivity index (χ2n) is 4.99. The van der Waals surface area contributed by atoms with Gasteiger partial charge in [-0.3, -0.25) is 0 Å². The Balaban J connectivity index is 2.40. The zero-order chi connectivity index (χ0) is 10.3. The Bertz CT molecular complexity index is 338. The minimum atomic E-state index is -0.257. The molecule has 0 aliphatic heterocycles. The fourth-order valence-corrected chi connectivity index (χ4v) is 2.91. The van der Waals surface area contributed by atoms with Gasteiger partial charge < -0.3 is 5.11 Å². The lowest BCUT2D eigenvalue weighted by Gasteiger charge is -2.14. The van der Waals surface area contributed by atoms with E-state index in [4.69, 9.17) is 0 Å². The van der Waals surface area contributed by atoms with E-state index in [9.17, 15) is 5.11 Å². The van der Waals surface area contributed by atoms with Crippen LogP contribution < -0.4 is 0 Å². The SMILES string of the molecule is CC(C)(C)c1nc2c(s1)C(O)CCC2. The molecule has 78 valence electrons. The molecular formula is C11H17NOS. The van der Waals surface area contributed by atoms with Crippen LogP contribution in [0.1, 0.15) is 55.3 Å². The van der Waals surface area contributed by atoms with Gasteiger partial charge in [0.15, 0.2) is 0 Å². The number of thiazole rings is 1. The summed E-state index contributed by atoms with van der Waals surface area (Å²) >= 11 is 1.69. The van der Waals surface area contributed by atoms with Crippen molar-refractivity contribution in [2.24, 2.45) is 0 Å². The van der Waals surface area contributed by atoms with Gasteiger partial charge in [-0.05, 0) is 19.3 Å². The van der Waals surface area contributed by atoms with Gasteiger partial charge in [-0.25, -0.2) is 4.98 Å². The van der Waals surface area contributed by atoms with Crippen LogP contribution in [0.25, 0.3) is 0 Å². The molecule has 1 aromatic heterocycles. The Hall–Kier alpha value is -0.410. The monoisotopic (exact) mass is 211 g/mol. The minimum Gasteiger partial charge on any atom is -0.388 e. The van der Waals surface area contributed by atoms with Gasteiger partial charge in [0.2, 0.25) is 0 Å². The summed E-state index contributed by atoms with van der Waals surface area (Å²) in [5, 5.41) is 11.0. The topological polar surface area (TPSA) is 33.1 Å². The summed E-state index contributed by atoms with van der Waals surface area (Å²) in [5.41, 5.74) is 1.25. The summed E-state index contributed by atoms with van der Waals surface area (Å²) in [4.78, 5) is 5.74. The Morgan fingerprint density at radius 3 is 2.71 bits per heavy atom. The molecule has 0 aromatic carbocycles. The van der Waals surface area contributed by atoms with Crippen molar-refractivity contribution < 1.29 is 5.11 Å². The molecule has 0 fully saturated rings. The molecule has 0 spiro atoms. The van der Waals surface area contributed by atoms with E-state index in [2.05, 4.69) is 25.8 Å². The van der Waals surface area contributed by atoms with E-state index < -0.39 is 0 Å². The van der Waals surface area contributed by atoms with Gasteiger partial charge in [0, 0.05) is 5.41 Å². The van der Waals surface area contributed by atoms with Crippen molar-refractivity contribution in [1.29, 1.82) is 0 Å². The zero-order valence-corrected chi connectivity index (χ0v) is 9.82. The molecule has 3 heteroatoms. The molecule has 14 heavy (non-hydrogen) atoms. The molecular weight excluding hydrogens is 194 g/mol. The van der Waals surface area contributed by atoms with E-state index >= 15 is 0 Å². The first-order chi connectivity index (χ1) is 6.48. The second-order valence-corrected chi connectivity index (χ2v) is 6.02. The van der Waals surface area contributed by atoms with Crippen LogP contribution in [0.15, 0.2) is 0 Å². The number of rotatable bonds is 0. The van der Waals surface area contributed by atoms with Gasteiger partial charge in [0.25, 0.3) is 0 Å². The molecule has 1 heterocycles. The fourth-order valence-electron chi connectivity index (χ4n) is 1.72. The summed E-state index contributed by atoms with van der Waals surface area (Å²) in [5.74, 6) is 0. The summed E-state index contributed by atoms with van der Waals surface area (Å²) in [6.07, 6.45) is 2.76. The fraction of sp³-hybridized carbons (Fsp3) is 0.727. The van der Waals surface area contributed by atoms with Gasteiger partial charge in [-0.1, -0.05) is 20.8 Å². The Morgan fingerprint density at radius 2 is 2.14 bits per heavy atom. The van der Waals surface area contributed by atoms with Crippen LogP contribution in [0.3, 0.4) is 0 Å². The molecule has 1 aliphatic carbocycles. The molecule has 1 aromatic rings. The van der Waals surface area contributed by atoms with Gasteiger partial charge in [0.05, 0.1) is 21.7 Å². The van der Waals surface area contributed by atoms with Gasteiger partial charge in [-0.15, -0.1) is 11.3 Å². The maximum atomic E-state index is 9.81. The number of aromatic nitrogens is 1. The van der Waals surface area contributed by atoms with Gasteiger partial charge >= 0.3 is 0 Å². The van der Waals surface area contributed by atoms with Crippen LogP contribution in [-0.2, 0) is 11.8 Å². The average Bonchev–Trinajstić information content (AvgIpc) is 2.48. The number of hydrogen-bond acceptors (Lipinski definition) is 3. The zero-order valence-electron chi connectivity index (χ0n) is 9.00. The molecule has 2 rings (SSSR count). The highest BCUT2D eigenvalue weighted by Gasteiger charge is 2.26. The van der Waals surface area contributed by atoms with E-state index in [1.165, 1.54) is 0 Å². The van der Waals surface area contributed by atoms with Crippen molar-refractivity contribution in [3.63, 3.8) is 0 Å². The summed E-state index contributed by atoms with van der Waals surface area (Å²) in [7, 11) is 0. The van der Waals surface area contributed by atoms with Crippen molar-refractivity contribution >= 4 is 11.3 Å². The molecule has 1 N–H and O–H groups in total. The molecule has 1 atom stereocenters. The summed E-state index contributed by atoms with van der Waals surface area (Å²) in [6.45, 7) is 6.51. The van der Waals surface area contributed by atoms with Crippen molar-refractivity contribution in [2.75, 3.05) is 0 Å². The quantitative estimate of drug-likeness (QED) is 0.716. The third kappa shape index (κ3) is 1.71. The molecule has 2 nitrogen and oxygen atoms in total. The van der Waals surface area contributed by atoms with Crippen LogP contribution in [0, 0.1) is 0 Å². The highest BCUT2D eigenvalue weighted by molar-refractivity contribution is 7.12. The van der Waals surface area contributed by atoms with E-state index in [0.717, 1.165) is 34.8 Å². The molecule has 0 bridgehead atoms. The standard InChI is InChI=1S/C11H17NOS/c1-11(2,3)10-12-7-5-4-6-8(13)9(7)14-10/h8,13H,4-6H2,1-3H3. The number of hydrogen-bond donors (Lipinski definition) is 1. The smallest absolute Gasteiger partial charge is 0.0985 e. The number of aryl methyl sites for hydroxylation is 1. The largest absolute Gasteiger partial charge is 0.388 e. The number of fused-ring (bicyclic) bond motifs is 1. The molecule has 1 aliphatic rings. The van der Waals surface area contributed by atoms with E-state index in [1.807, 2.05) is 0 Å². The maximum absolute atomic E-state index is 9.81. The predicted molar refractivity (Wildman–Crippen MR) is 58.7 cm³/mol. The molecule has 1 unspecified atom stereocenters. The molecule has 0 amide bonds.